The summed E-state index contributed by atoms with van der Waals surface area (Å²) < 4.78 is 10.4. The Morgan fingerprint density at radius 1 is 1.12 bits per heavy atom. The second kappa shape index (κ2) is 11.0. The number of methoxy groups -OCH3 is 1. The van der Waals surface area contributed by atoms with E-state index in [1.54, 1.807) is 37.4 Å². The van der Waals surface area contributed by atoms with Crippen LogP contribution in [0.2, 0.25) is 0 Å². The number of nitrogens with one attached hydrogen (secondary N) is 2. The van der Waals surface area contributed by atoms with Gasteiger partial charge in [-0.25, -0.2) is 0 Å². The van der Waals surface area contributed by atoms with Crippen LogP contribution >= 0.6 is 11.3 Å². The van der Waals surface area contributed by atoms with Crippen molar-refractivity contribution < 1.29 is 23.5 Å². The molecule has 0 spiro atoms. The number of benzene rings is 1. The van der Waals surface area contributed by atoms with Gasteiger partial charge in [-0.05, 0) is 60.7 Å². The zero-order valence-corrected chi connectivity index (χ0v) is 19.7. The molecule has 8 nitrogen and oxygen atoms in total. The van der Waals surface area contributed by atoms with Crippen LogP contribution in [0.4, 0.5) is 5.69 Å². The maximum Gasteiger partial charge on any atom is 0.287 e. The van der Waals surface area contributed by atoms with Crippen molar-refractivity contribution in [3.05, 3.63) is 70.8 Å². The molecule has 0 bridgehead atoms. The monoisotopic (exact) mass is 481 g/mol. The van der Waals surface area contributed by atoms with Gasteiger partial charge in [0.15, 0.2) is 5.76 Å². The van der Waals surface area contributed by atoms with Gasteiger partial charge in [0.05, 0.1) is 19.9 Å². The molecule has 1 aliphatic carbocycles. The van der Waals surface area contributed by atoms with E-state index in [1.165, 1.54) is 28.6 Å². The standard InChI is InChI=1S/C25H27N3O5S/c1-32-19-12-10-18(11-13-19)28(22(29)16-26-24(30)20-8-4-14-33-20)23(21-9-5-15-34-21)25(31)27-17-6-2-3-7-17/h4-5,8-15,17,23H,2-3,6-7,16H2,1H3,(H,26,30)(H,27,31)/t23-/m1/s1. The lowest BCUT2D eigenvalue weighted by Gasteiger charge is -2.31. The SMILES string of the molecule is COc1ccc(N(C(=O)CNC(=O)c2ccco2)[C@@H](C(=O)NC2CCCC2)c2cccs2)cc1. The first-order valence-electron chi connectivity index (χ1n) is 11.2. The number of nitrogens with zero attached hydrogens (tertiary/aromatic N) is 1. The predicted octanol–water partition coefficient (Wildman–Crippen LogP) is 3.91. The number of rotatable bonds is 9. The molecule has 9 heteroatoms. The van der Waals surface area contributed by atoms with Crippen molar-refractivity contribution >= 4 is 34.7 Å². The molecular weight excluding hydrogens is 454 g/mol. The van der Waals surface area contributed by atoms with Gasteiger partial charge in [0, 0.05) is 16.6 Å². The smallest absolute Gasteiger partial charge is 0.287 e. The maximum absolute atomic E-state index is 13.5. The van der Waals surface area contributed by atoms with Crippen molar-refractivity contribution in [2.75, 3.05) is 18.6 Å². The van der Waals surface area contributed by atoms with E-state index < -0.39 is 17.9 Å². The highest BCUT2D eigenvalue weighted by molar-refractivity contribution is 7.10. The molecule has 3 aromatic rings. The minimum atomic E-state index is -0.873. The van der Waals surface area contributed by atoms with Crippen LogP contribution in [0, 0.1) is 0 Å². The molecule has 34 heavy (non-hydrogen) atoms. The fourth-order valence-electron chi connectivity index (χ4n) is 4.09. The molecule has 1 fully saturated rings. The van der Waals surface area contributed by atoms with Gasteiger partial charge in [0.2, 0.25) is 11.8 Å². The molecule has 1 aromatic carbocycles. The summed E-state index contributed by atoms with van der Waals surface area (Å²) in [5, 5.41) is 7.60. The van der Waals surface area contributed by atoms with Crippen molar-refractivity contribution in [3.63, 3.8) is 0 Å². The number of hydrogen-bond donors (Lipinski definition) is 2. The molecule has 1 saturated carbocycles. The minimum Gasteiger partial charge on any atom is -0.497 e. The number of carbonyl (C=O) groups is 3. The van der Waals surface area contributed by atoms with Crippen molar-refractivity contribution in [3.8, 4) is 5.75 Å². The second-order valence-corrected chi connectivity index (χ2v) is 9.01. The van der Waals surface area contributed by atoms with Crippen LogP contribution in [0.25, 0.3) is 0 Å². The molecule has 3 amide bonds. The number of thiophene rings is 1. The lowest BCUT2D eigenvalue weighted by atomic mass is 10.1. The molecule has 1 aliphatic rings. The lowest BCUT2D eigenvalue weighted by Crippen LogP contribution is -2.48. The van der Waals surface area contributed by atoms with E-state index in [2.05, 4.69) is 10.6 Å². The van der Waals surface area contributed by atoms with Crippen molar-refractivity contribution in [1.29, 1.82) is 0 Å². The van der Waals surface area contributed by atoms with Crippen molar-refractivity contribution in [2.24, 2.45) is 0 Å². The summed E-state index contributed by atoms with van der Waals surface area (Å²) in [4.78, 5) is 41.6. The number of hydrogen-bond acceptors (Lipinski definition) is 6. The number of amides is 3. The lowest BCUT2D eigenvalue weighted by molar-refractivity contribution is -0.126. The Bertz CT molecular complexity index is 1090. The maximum atomic E-state index is 13.5. The Balaban J connectivity index is 1.63. The molecule has 0 radical (unpaired) electrons. The topological polar surface area (TPSA) is 101 Å². The third-order valence-corrected chi connectivity index (χ3v) is 6.71. The van der Waals surface area contributed by atoms with E-state index in [-0.39, 0.29) is 24.3 Å². The van der Waals surface area contributed by atoms with Gasteiger partial charge >= 0.3 is 0 Å². The second-order valence-electron chi connectivity index (χ2n) is 8.03. The molecule has 0 unspecified atom stereocenters. The molecule has 178 valence electrons. The molecule has 1 atom stereocenters. The predicted molar refractivity (Wildman–Crippen MR) is 129 cm³/mol. The first-order valence-corrected chi connectivity index (χ1v) is 12.1. The number of furan rings is 1. The van der Waals surface area contributed by atoms with Gasteiger partial charge < -0.3 is 19.8 Å². The molecule has 2 heterocycles. The normalized spacial score (nSPS) is 14.4. The summed E-state index contributed by atoms with van der Waals surface area (Å²) in [6.45, 7) is -0.301. The van der Waals surface area contributed by atoms with Crippen LogP contribution in [0.5, 0.6) is 5.75 Å². The van der Waals surface area contributed by atoms with Gasteiger partial charge in [-0.1, -0.05) is 18.9 Å². The van der Waals surface area contributed by atoms with E-state index in [0.29, 0.717) is 11.4 Å². The fourth-order valence-corrected chi connectivity index (χ4v) is 4.90. The number of anilines is 1. The molecule has 2 N–H and O–H groups in total. The van der Waals surface area contributed by atoms with Gasteiger partial charge in [-0.15, -0.1) is 11.3 Å². The quantitative estimate of drug-likeness (QED) is 0.483. The summed E-state index contributed by atoms with van der Waals surface area (Å²) in [6, 6.07) is 13.0. The Kier molecular flexibility index (Phi) is 7.64. The third kappa shape index (κ3) is 5.48. The van der Waals surface area contributed by atoms with Gasteiger partial charge in [-0.3, -0.25) is 19.3 Å². The van der Waals surface area contributed by atoms with E-state index >= 15 is 0 Å². The molecule has 2 aromatic heterocycles. The van der Waals surface area contributed by atoms with Crippen LogP contribution in [-0.4, -0.2) is 37.4 Å². The van der Waals surface area contributed by atoms with Crippen LogP contribution in [0.15, 0.2) is 64.6 Å². The zero-order valence-electron chi connectivity index (χ0n) is 18.9. The number of carbonyl (C=O) groups excluding carboxylic acids is 3. The Morgan fingerprint density at radius 3 is 2.50 bits per heavy atom. The molecule has 4 rings (SSSR count). The third-order valence-electron chi connectivity index (χ3n) is 5.79. The molecule has 0 aliphatic heterocycles. The average molecular weight is 482 g/mol. The summed E-state index contributed by atoms with van der Waals surface area (Å²) >= 11 is 1.41. The van der Waals surface area contributed by atoms with Crippen LogP contribution < -0.4 is 20.3 Å². The highest BCUT2D eigenvalue weighted by atomic mass is 32.1. The Hall–Kier alpha value is -3.59. The van der Waals surface area contributed by atoms with E-state index in [1.807, 2.05) is 17.5 Å². The van der Waals surface area contributed by atoms with Gasteiger partial charge in [0.1, 0.15) is 11.8 Å². The molecule has 0 saturated heterocycles. The highest BCUT2D eigenvalue weighted by Crippen LogP contribution is 2.32. The Labute approximate surface area is 201 Å². The van der Waals surface area contributed by atoms with Gasteiger partial charge in [0.25, 0.3) is 5.91 Å². The summed E-state index contributed by atoms with van der Waals surface area (Å²) in [5.74, 6) is -0.431. The molecular formula is C25H27N3O5S. The highest BCUT2D eigenvalue weighted by Gasteiger charge is 2.35. The largest absolute Gasteiger partial charge is 0.497 e. The zero-order chi connectivity index (χ0) is 23.9. The summed E-state index contributed by atoms with van der Waals surface area (Å²) in [7, 11) is 1.56. The van der Waals surface area contributed by atoms with Crippen LogP contribution in [-0.2, 0) is 9.59 Å². The average Bonchev–Trinajstić information content (AvgIpc) is 3.64. The summed E-state index contributed by atoms with van der Waals surface area (Å²) in [5.41, 5.74) is 0.526. The van der Waals surface area contributed by atoms with E-state index in [0.717, 1.165) is 30.6 Å². The van der Waals surface area contributed by atoms with Crippen LogP contribution in [0.1, 0.15) is 47.2 Å². The first-order chi connectivity index (χ1) is 16.6. The summed E-state index contributed by atoms with van der Waals surface area (Å²) in [6.07, 6.45) is 5.40. The first kappa shape index (κ1) is 23.6. The van der Waals surface area contributed by atoms with E-state index in [4.69, 9.17) is 9.15 Å². The van der Waals surface area contributed by atoms with Crippen molar-refractivity contribution in [2.45, 2.75) is 37.8 Å². The Morgan fingerprint density at radius 2 is 1.88 bits per heavy atom. The van der Waals surface area contributed by atoms with E-state index in [9.17, 15) is 14.4 Å². The van der Waals surface area contributed by atoms with Crippen molar-refractivity contribution in [1.82, 2.24) is 10.6 Å². The fraction of sp³-hybridized carbons (Fsp3) is 0.320. The van der Waals surface area contributed by atoms with Crippen LogP contribution in [0.3, 0.4) is 0 Å². The minimum absolute atomic E-state index is 0.0986. The number of ether oxygens (including phenoxy) is 1. The van der Waals surface area contributed by atoms with Gasteiger partial charge in [-0.2, -0.15) is 0 Å².